The highest BCUT2D eigenvalue weighted by molar-refractivity contribution is 7.91. The van der Waals surface area contributed by atoms with Crippen molar-refractivity contribution in [2.45, 2.75) is 18.7 Å². The highest BCUT2D eigenvalue weighted by atomic mass is 35.5. The lowest BCUT2D eigenvalue weighted by Gasteiger charge is -2.14. The molecule has 0 saturated heterocycles. The number of aromatic nitrogens is 2. The van der Waals surface area contributed by atoms with Gasteiger partial charge >= 0.3 is 0 Å². The van der Waals surface area contributed by atoms with Crippen LogP contribution in [0.1, 0.15) is 12.5 Å². The van der Waals surface area contributed by atoms with Crippen molar-refractivity contribution in [3.63, 3.8) is 0 Å². The average Bonchev–Trinajstić information content (AvgIpc) is 3.25. The second kappa shape index (κ2) is 8.29. The lowest BCUT2D eigenvalue weighted by atomic mass is 10.0. The van der Waals surface area contributed by atoms with Crippen molar-refractivity contribution < 1.29 is 12.8 Å². The molecule has 4 aromatic rings. The SMILES string of the molecule is CCS(=O)(=O)c1cccc(-c2ccc(-n3ccnc3-c3cccc(F)c3Cl)c(C)c2)c1. The van der Waals surface area contributed by atoms with Gasteiger partial charge in [-0.05, 0) is 60.0 Å². The van der Waals surface area contributed by atoms with Gasteiger partial charge in [-0.1, -0.05) is 42.8 Å². The van der Waals surface area contributed by atoms with Gasteiger partial charge in [0.25, 0.3) is 0 Å². The molecule has 0 fully saturated rings. The topological polar surface area (TPSA) is 52.0 Å². The molecule has 31 heavy (non-hydrogen) atoms. The fourth-order valence-corrected chi connectivity index (χ4v) is 4.65. The minimum Gasteiger partial charge on any atom is -0.299 e. The summed E-state index contributed by atoms with van der Waals surface area (Å²) in [5, 5.41) is 0.0261. The molecule has 0 aliphatic carbocycles. The number of sulfone groups is 1. The van der Waals surface area contributed by atoms with Gasteiger partial charge in [-0.15, -0.1) is 0 Å². The van der Waals surface area contributed by atoms with Gasteiger partial charge in [0.15, 0.2) is 9.84 Å². The van der Waals surface area contributed by atoms with E-state index < -0.39 is 15.7 Å². The van der Waals surface area contributed by atoms with Crippen LogP contribution in [0, 0.1) is 12.7 Å². The van der Waals surface area contributed by atoms with Crippen LogP contribution in [0.4, 0.5) is 4.39 Å². The first-order valence-electron chi connectivity index (χ1n) is 9.74. The Hall–Kier alpha value is -2.96. The summed E-state index contributed by atoms with van der Waals surface area (Å²) in [6.07, 6.45) is 3.44. The Morgan fingerprint density at radius 3 is 2.52 bits per heavy atom. The molecule has 4 rings (SSSR count). The van der Waals surface area contributed by atoms with E-state index in [1.54, 1.807) is 49.6 Å². The van der Waals surface area contributed by atoms with Crippen molar-refractivity contribution in [2.24, 2.45) is 0 Å². The lowest BCUT2D eigenvalue weighted by molar-refractivity contribution is 0.597. The van der Waals surface area contributed by atoms with E-state index in [1.165, 1.54) is 6.07 Å². The summed E-state index contributed by atoms with van der Waals surface area (Å²) in [7, 11) is -3.28. The van der Waals surface area contributed by atoms with E-state index >= 15 is 0 Å². The molecule has 0 saturated carbocycles. The number of benzene rings is 3. The number of aryl methyl sites for hydroxylation is 1. The number of rotatable bonds is 5. The molecule has 0 unspecified atom stereocenters. The van der Waals surface area contributed by atoms with Crippen molar-refractivity contribution >= 4 is 21.4 Å². The molecule has 0 radical (unpaired) electrons. The molecular weight excluding hydrogens is 435 g/mol. The molecule has 158 valence electrons. The number of halogens is 2. The van der Waals surface area contributed by atoms with E-state index in [4.69, 9.17) is 11.6 Å². The zero-order chi connectivity index (χ0) is 22.2. The Bertz CT molecular complexity index is 1380. The zero-order valence-electron chi connectivity index (χ0n) is 17.0. The highest BCUT2D eigenvalue weighted by Gasteiger charge is 2.16. The summed E-state index contributed by atoms with van der Waals surface area (Å²) in [6.45, 7) is 3.59. The number of hydrogen-bond acceptors (Lipinski definition) is 3. The molecule has 3 aromatic carbocycles. The van der Waals surface area contributed by atoms with Gasteiger partial charge in [0, 0.05) is 18.0 Å². The fraction of sp³-hybridized carbons (Fsp3) is 0.125. The van der Waals surface area contributed by atoms with Gasteiger partial charge in [0.1, 0.15) is 11.6 Å². The molecule has 0 atom stereocenters. The predicted molar refractivity (Wildman–Crippen MR) is 122 cm³/mol. The van der Waals surface area contributed by atoms with Crippen LogP contribution in [-0.4, -0.2) is 23.7 Å². The van der Waals surface area contributed by atoms with Gasteiger partial charge in [-0.25, -0.2) is 17.8 Å². The lowest BCUT2D eigenvalue weighted by Crippen LogP contribution is -2.03. The number of nitrogens with zero attached hydrogens (tertiary/aromatic N) is 2. The first kappa shape index (κ1) is 21.3. The zero-order valence-corrected chi connectivity index (χ0v) is 18.6. The monoisotopic (exact) mass is 454 g/mol. The summed E-state index contributed by atoms with van der Waals surface area (Å²) < 4.78 is 40.3. The van der Waals surface area contributed by atoms with E-state index in [0.717, 1.165) is 22.4 Å². The number of hydrogen-bond donors (Lipinski definition) is 0. The Kier molecular flexibility index (Phi) is 5.69. The van der Waals surface area contributed by atoms with Gasteiger partial charge < -0.3 is 0 Å². The van der Waals surface area contributed by atoms with Crippen LogP contribution in [0.3, 0.4) is 0 Å². The van der Waals surface area contributed by atoms with Gasteiger partial charge in [0.05, 0.1) is 21.4 Å². The van der Waals surface area contributed by atoms with Crippen LogP contribution in [0.25, 0.3) is 28.2 Å². The van der Waals surface area contributed by atoms with E-state index in [1.807, 2.05) is 35.8 Å². The van der Waals surface area contributed by atoms with Crippen molar-refractivity contribution in [3.05, 3.63) is 89.5 Å². The Labute approximate surface area is 185 Å². The van der Waals surface area contributed by atoms with Crippen molar-refractivity contribution in [1.82, 2.24) is 9.55 Å². The average molecular weight is 455 g/mol. The molecule has 0 bridgehead atoms. The molecular formula is C24H20ClFN2O2S. The third-order valence-corrected chi connectivity index (χ3v) is 7.31. The van der Waals surface area contributed by atoms with E-state index in [0.29, 0.717) is 16.3 Å². The van der Waals surface area contributed by atoms with Gasteiger partial charge in [-0.3, -0.25) is 4.57 Å². The Morgan fingerprint density at radius 2 is 1.77 bits per heavy atom. The van der Waals surface area contributed by atoms with E-state index in [9.17, 15) is 12.8 Å². The summed E-state index contributed by atoms with van der Waals surface area (Å²) >= 11 is 6.18. The molecule has 4 nitrogen and oxygen atoms in total. The minimum atomic E-state index is -3.28. The highest BCUT2D eigenvalue weighted by Crippen LogP contribution is 2.32. The summed E-state index contributed by atoms with van der Waals surface area (Å²) in [5.41, 5.74) is 4.05. The Balaban J connectivity index is 1.77. The summed E-state index contributed by atoms with van der Waals surface area (Å²) in [6, 6.07) is 17.4. The second-order valence-electron chi connectivity index (χ2n) is 7.15. The van der Waals surface area contributed by atoms with Crippen molar-refractivity contribution in [3.8, 4) is 28.2 Å². The third-order valence-electron chi connectivity index (χ3n) is 5.20. The third kappa shape index (κ3) is 4.01. The van der Waals surface area contributed by atoms with Crippen LogP contribution >= 0.6 is 11.6 Å². The maximum Gasteiger partial charge on any atom is 0.178 e. The predicted octanol–water partition coefficient (Wildman–Crippen LogP) is 6.10. The first-order valence-corrected chi connectivity index (χ1v) is 11.8. The first-order chi connectivity index (χ1) is 14.8. The largest absolute Gasteiger partial charge is 0.299 e. The van der Waals surface area contributed by atoms with Crippen molar-refractivity contribution in [2.75, 3.05) is 5.75 Å². The van der Waals surface area contributed by atoms with Crippen LogP contribution in [0.2, 0.25) is 5.02 Å². The van der Waals surface area contributed by atoms with Crippen LogP contribution in [-0.2, 0) is 9.84 Å². The van der Waals surface area contributed by atoms with E-state index in [-0.39, 0.29) is 10.8 Å². The standard InChI is InChI=1S/C24H20ClFN2O2S/c1-3-31(29,30)19-7-4-6-17(15-19)18-10-11-22(16(2)14-18)28-13-12-27-24(28)20-8-5-9-21(26)23(20)25/h4-15H,3H2,1-2H3. The molecule has 0 aliphatic rings. The van der Waals surface area contributed by atoms with Crippen LogP contribution < -0.4 is 0 Å². The molecule has 0 N–H and O–H groups in total. The summed E-state index contributed by atoms with van der Waals surface area (Å²) in [5.74, 6) is 0.0968. The van der Waals surface area contributed by atoms with Gasteiger partial charge in [-0.2, -0.15) is 0 Å². The van der Waals surface area contributed by atoms with Crippen LogP contribution in [0.15, 0.2) is 78.0 Å². The molecule has 0 amide bonds. The maximum absolute atomic E-state index is 14.0. The van der Waals surface area contributed by atoms with Gasteiger partial charge in [0.2, 0.25) is 0 Å². The molecule has 7 heteroatoms. The maximum atomic E-state index is 14.0. The number of imidazole rings is 1. The quantitative estimate of drug-likeness (QED) is 0.366. The summed E-state index contributed by atoms with van der Waals surface area (Å²) in [4.78, 5) is 4.69. The minimum absolute atomic E-state index is 0.0261. The fourth-order valence-electron chi connectivity index (χ4n) is 3.51. The molecule has 0 spiro atoms. The normalized spacial score (nSPS) is 11.6. The second-order valence-corrected chi connectivity index (χ2v) is 9.81. The van der Waals surface area contributed by atoms with E-state index in [2.05, 4.69) is 4.98 Å². The molecule has 1 heterocycles. The van der Waals surface area contributed by atoms with Crippen molar-refractivity contribution in [1.29, 1.82) is 0 Å². The molecule has 1 aromatic heterocycles. The molecule has 0 aliphatic heterocycles. The smallest absolute Gasteiger partial charge is 0.178 e. The van der Waals surface area contributed by atoms with Crippen LogP contribution in [0.5, 0.6) is 0 Å². The Morgan fingerprint density at radius 1 is 1.03 bits per heavy atom.